The van der Waals surface area contributed by atoms with Gasteiger partial charge in [-0.05, 0) is 36.9 Å². The molecule has 1 heterocycles. The molecule has 2 atom stereocenters. The van der Waals surface area contributed by atoms with Crippen LogP contribution in [0.25, 0.3) is 0 Å². The van der Waals surface area contributed by atoms with Gasteiger partial charge in [0.05, 0.1) is 0 Å². The highest BCUT2D eigenvalue weighted by Gasteiger charge is 2.29. The van der Waals surface area contributed by atoms with Crippen LogP contribution >= 0.6 is 11.6 Å². The van der Waals surface area contributed by atoms with Gasteiger partial charge < -0.3 is 10.1 Å². The molecule has 0 radical (unpaired) electrons. The number of fused-ring (bicyclic) bond motifs is 1. The van der Waals surface area contributed by atoms with E-state index >= 15 is 0 Å². The molecule has 0 aliphatic carbocycles. The number of halogens is 3. The molecule has 1 N–H and O–H groups in total. The zero-order valence-electron chi connectivity index (χ0n) is 11.4. The molecule has 0 fully saturated rings. The van der Waals surface area contributed by atoms with E-state index in [-0.39, 0.29) is 18.0 Å². The molecule has 21 heavy (non-hydrogen) atoms. The Morgan fingerprint density at radius 2 is 1.95 bits per heavy atom. The van der Waals surface area contributed by atoms with Crippen molar-refractivity contribution in [2.75, 3.05) is 7.05 Å². The summed E-state index contributed by atoms with van der Waals surface area (Å²) in [6.45, 7) is 0. The molecule has 3 rings (SSSR count). The summed E-state index contributed by atoms with van der Waals surface area (Å²) in [5.74, 6) is -0.292. The van der Waals surface area contributed by atoms with Crippen molar-refractivity contribution in [1.82, 2.24) is 5.32 Å². The first-order chi connectivity index (χ1) is 10.1. The minimum absolute atomic E-state index is 0.0152. The van der Waals surface area contributed by atoms with Gasteiger partial charge in [0.25, 0.3) is 0 Å². The van der Waals surface area contributed by atoms with Crippen molar-refractivity contribution in [2.45, 2.75) is 18.6 Å². The second-order valence-corrected chi connectivity index (χ2v) is 5.50. The lowest BCUT2D eigenvalue weighted by Crippen LogP contribution is -2.26. The van der Waals surface area contributed by atoms with Crippen LogP contribution in [0.2, 0.25) is 5.02 Å². The first-order valence-electron chi connectivity index (χ1n) is 6.66. The van der Waals surface area contributed by atoms with Crippen LogP contribution in [0.3, 0.4) is 0 Å². The number of benzene rings is 2. The van der Waals surface area contributed by atoms with E-state index in [0.717, 1.165) is 5.56 Å². The molecule has 0 amide bonds. The lowest BCUT2D eigenvalue weighted by Gasteiger charge is -2.32. The van der Waals surface area contributed by atoms with E-state index in [1.807, 2.05) is 7.05 Å². The molecule has 2 aromatic rings. The summed E-state index contributed by atoms with van der Waals surface area (Å²) in [5, 5.41) is 3.50. The van der Waals surface area contributed by atoms with Crippen molar-refractivity contribution in [2.24, 2.45) is 0 Å². The van der Waals surface area contributed by atoms with Gasteiger partial charge in [-0.1, -0.05) is 17.7 Å². The molecule has 0 saturated heterocycles. The van der Waals surface area contributed by atoms with Crippen LogP contribution in [0, 0.1) is 11.6 Å². The molecule has 2 nitrogen and oxygen atoms in total. The van der Waals surface area contributed by atoms with Gasteiger partial charge in [-0.15, -0.1) is 0 Å². The lowest BCUT2D eigenvalue weighted by atomic mass is 9.93. The fraction of sp³-hybridized carbons (Fsp3) is 0.250. The van der Waals surface area contributed by atoms with Gasteiger partial charge in [-0.25, -0.2) is 8.78 Å². The Kier molecular flexibility index (Phi) is 3.83. The molecule has 0 saturated carbocycles. The molecular formula is C16H14ClF2NO. The molecule has 0 aromatic heterocycles. The number of ether oxygens (including phenoxy) is 1. The zero-order valence-corrected chi connectivity index (χ0v) is 12.1. The second-order valence-electron chi connectivity index (χ2n) is 5.07. The van der Waals surface area contributed by atoms with Crippen LogP contribution < -0.4 is 10.1 Å². The highest BCUT2D eigenvalue weighted by Crippen LogP contribution is 2.41. The maximum Gasteiger partial charge on any atom is 0.127 e. The van der Waals surface area contributed by atoms with Gasteiger partial charge in [0, 0.05) is 29.1 Å². The highest BCUT2D eigenvalue weighted by atomic mass is 35.5. The first-order valence-corrected chi connectivity index (χ1v) is 7.04. The molecule has 5 heteroatoms. The van der Waals surface area contributed by atoms with Crippen LogP contribution in [0.15, 0.2) is 36.4 Å². The first kappa shape index (κ1) is 14.3. The van der Waals surface area contributed by atoms with Crippen LogP contribution in [0.4, 0.5) is 8.78 Å². The third kappa shape index (κ3) is 2.87. The molecule has 0 spiro atoms. The lowest BCUT2D eigenvalue weighted by molar-refractivity contribution is 0.153. The van der Waals surface area contributed by atoms with E-state index in [0.29, 0.717) is 22.8 Å². The Labute approximate surface area is 126 Å². The Morgan fingerprint density at radius 3 is 2.67 bits per heavy atom. The predicted octanol–water partition coefficient (Wildman–Crippen LogP) is 4.40. The van der Waals surface area contributed by atoms with Crippen molar-refractivity contribution in [1.29, 1.82) is 0 Å². The maximum absolute atomic E-state index is 13.5. The Bertz CT molecular complexity index is 657. The summed E-state index contributed by atoms with van der Waals surface area (Å²) >= 11 is 5.89. The summed E-state index contributed by atoms with van der Waals surface area (Å²) in [6, 6.07) is 8.80. The second kappa shape index (κ2) is 5.62. The number of hydrogen-bond donors (Lipinski definition) is 1. The molecule has 110 valence electrons. The van der Waals surface area contributed by atoms with E-state index in [9.17, 15) is 8.78 Å². The Hall–Kier alpha value is -1.65. The largest absolute Gasteiger partial charge is 0.485 e. The van der Waals surface area contributed by atoms with Gasteiger partial charge in [-0.3, -0.25) is 0 Å². The molecule has 1 aliphatic rings. The third-order valence-corrected chi connectivity index (χ3v) is 3.89. The molecule has 2 unspecified atom stereocenters. The van der Waals surface area contributed by atoms with Gasteiger partial charge in [0.15, 0.2) is 0 Å². The average molecular weight is 310 g/mol. The van der Waals surface area contributed by atoms with Gasteiger partial charge >= 0.3 is 0 Å². The maximum atomic E-state index is 13.5. The quantitative estimate of drug-likeness (QED) is 0.887. The van der Waals surface area contributed by atoms with Crippen LogP contribution in [-0.4, -0.2) is 7.05 Å². The minimum Gasteiger partial charge on any atom is -0.485 e. The Morgan fingerprint density at radius 1 is 1.14 bits per heavy atom. The van der Waals surface area contributed by atoms with Crippen LogP contribution in [0.5, 0.6) is 5.75 Å². The topological polar surface area (TPSA) is 21.3 Å². The van der Waals surface area contributed by atoms with Gasteiger partial charge in [0.1, 0.15) is 23.5 Å². The number of nitrogens with one attached hydrogen (secondary N) is 1. The van der Waals surface area contributed by atoms with Gasteiger partial charge in [0.2, 0.25) is 0 Å². The monoisotopic (exact) mass is 309 g/mol. The third-order valence-electron chi connectivity index (χ3n) is 3.68. The summed E-state index contributed by atoms with van der Waals surface area (Å²) in [6.07, 6.45) is 0.250. The Balaban J connectivity index is 1.99. The summed E-state index contributed by atoms with van der Waals surface area (Å²) in [4.78, 5) is 0. The van der Waals surface area contributed by atoms with E-state index in [1.54, 1.807) is 12.1 Å². The normalized spacial score (nSPS) is 20.8. The summed E-state index contributed by atoms with van der Waals surface area (Å²) in [7, 11) is 1.83. The molecule has 0 bridgehead atoms. The predicted molar refractivity (Wildman–Crippen MR) is 77.6 cm³/mol. The highest BCUT2D eigenvalue weighted by molar-refractivity contribution is 6.30. The van der Waals surface area contributed by atoms with E-state index in [1.165, 1.54) is 24.3 Å². The standard InChI is InChI=1S/C16H14ClF2NO/c1-20-14-8-15(9-4-10(17)6-12(19)5-9)21-16-7-11(18)2-3-13(14)16/h2-7,14-15,20H,8H2,1H3. The van der Waals surface area contributed by atoms with Crippen molar-refractivity contribution in [3.05, 3.63) is 64.2 Å². The fourth-order valence-corrected chi connectivity index (χ4v) is 2.91. The minimum atomic E-state index is -0.410. The molecule has 2 aromatic carbocycles. The SMILES string of the molecule is CNC1CC(c2cc(F)cc(Cl)c2)Oc2cc(F)ccc21. The van der Waals surface area contributed by atoms with E-state index in [4.69, 9.17) is 16.3 Å². The van der Waals surface area contributed by atoms with E-state index in [2.05, 4.69) is 5.32 Å². The summed E-state index contributed by atoms with van der Waals surface area (Å²) < 4.78 is 32.7. The van der Waals surface area contributed by atoms with Crippen LogP contribution in [-0.2, 0) is 0 Å². The average Bonchev–Trinajstić information content (AvgIpc) is 2.44. The van der Waals surface area contributed by atoms with Crippen molar-refractivity contribution < 1.29 is 13.5 Å². The fourth-order valence-electron chi connectivity index (χ4n) is 2.68. The molecular weight excluding hydrogens is 296 g/mol. The zero-order chi connectivity index (χ0) is 15.0. The van der Waals surface area contributed by atoms with Crippen LogP contribution in [0.1, 0.15) is 29.7 Å². The van der Waals surface area contributed by atoms with Crippen molar-refractivity contribution in [3.63, 3.8) is 0 Å². The van der Waals surface area contributed by atoms with Crippen molar-refractivity contribution in [3.8, 4) is 5.75 Å². The number of rotatable bonds is 2. The van der Waals surface area contributed by atoms with Crippen molar-refractivity contribution >= 4 is 11.6 Å². The number of hydrogen-bond acceptors (Lipinski definition) is 2. The smallest absolute Gasteiger partial charge is 0.127 e. The van der Waals surface area contributed by atoms with Gasteiger partial charge in [-0.2, -0.15) is 0 Å². The molecule has 1 aliphatic heterocycles. The van der Waals surface area contributed by atoms with E-state index < -0.39 is 5.82 Å². The summed E-state index contributed by atoms with van der Waals surface area (Å²) in [5.41, 5.74) is 1.55.